The van der Waals surface area contributed by atoms with E-state index in [1.807, 2.05) is 0 Å². The van der Waals surface area contributed by atoms with Crippen LogP contribution in [0.5, 0.6) is 0 Å². The Labute approximate surface area is 103 Å². The molecule has 1 N–H and O–H groups in total. The van der Waals surface area contributed by atoms with E-state index in [-0.39, 0.29) is 0 Å². The summed E-state index contributed by atoms with van der Waals surface area (Å²) in [6.45, 7) is 2.30. The lowest BCUT2D eigenvalue weighted by Gasteiger charge is -2.35. The molecule has 0 radical (unpaired) electrons. The van der Waals surface area contributed by atoms with Gasteiger partial charge in [0.1, 0.15) is 11.6 Å². The molecule has 0 aliphatic carbocycles. The molecule has 1 aromatic rings. The SMILES string of the molecule is CC(=O)N(C)C(C)(C(=O)O)c1cc(F)ccc1F. The molecule has 1 amide bonds. The zero-order valence-corrected chi connectivity index (χ0v) is 10.2. The lowest BCUT2D eigenvalue weighted by Crippen LogP contribution is -2.50. The molecule has 0 saturated heterocycles. The van der Waals surface area contributed by atoms with Gasteiger partial charge in [-0.3, -0.25) is 4.79 Å². The van der Waals surface area contributed by atoms with Gasteiger partial charge in [-0.15, -0.1) is 0 Å². The van der Waals surface area contributed by atoms with Crippen molar-refractivity contribution in [2.75, 3.05) is 7.05 Å². The Morgan fingerprint density at radius 3 is 2.33 bits per heavy atom. The summed E-state index contributed by atoms with van der Waals surface area (Å²) in [5, 5.41) is 9.24. The minimum absolute atomic E-state index is 0.396. The van der Waals surface area contributed by atoms with Gasteiger partial charge in [0.25, 0.3) is 0 Å². The number of halogens is 2. The summed E-state index contributed by atoms with van der Waals surface area (Å²) in [6, 6.07) is 2.50. The first-order valence-electron chi connectivity index (χ1n) is 5.14. The van der Waals surface area contributed by atoms with Crippen molar-refractivity contribution >= 4 is 11.9 Å². The second kappa shape index (κ2) is 4.72. The highest BCUT2D eigenvalue weighted by Gasteiger charge is 2.43. The highest BCUT2D eigenvalue weighted by atomic mass is 19.1. The van der Waals surface area contributed by atoms with E-state index in [2.05, 4.69) is 0 Å². The summed E-state index contributed by atoms with van der Waals surface area (Å²) in [7, 11) is 1.22. The van der Waals surface area contributed by atoms with Gasteiger partial charge in [-0.1, -0.05) is 0 Å². The maximum Gasteiger partial charge on any atom is 0.334 e. The summed E-state index contributed by atoms with van der Waals surface area (Å²) in [5.41, 5.74) is -2.36. The molecule has 0 aromatic heterocycles. The number of rotatable bonds is 3. The number of hydrogen-bond acceptors (Lipinski definition) is 2. The Bertz CT molecular complexity index is 504. The second-order valence-corrected chi connectivity index (χ2v) is 4.08. The van der Waals surface area contributed by atoms with Crippen LogP contribution in [-0.2, 0) is 15.1 Å². The van der Waals surface area contributed by atoms with Crippen LogP contribution < -0.4 is 0 Å². The van der Waals surface area contributed by atoms with Gasteiger partial charge in [-0.2, -0.15) is 0 Å². The van der Waals surface area contributed by atoms with Crippen LogP contribution in [0.1, 0.15) is 19.4 Å². The molecule has 1 unspecified atom stereocenters. The molecule has 0 saturated carbocycles. The smallest absolute Gasteiger partial charge is 0.334 e. The van der Waals surface area contributed by atoms with Gasteiger partial charge in [0.15, 0.2) is 5.54 Å². The minimum Gasteiger partial charge on any atom is -0.479 e. The van der Waals surface area contributed by atoms with Crippen molar-refractivity contribution < 1.29 is 23.5 Å². The molecule has 0 aliphatic heterocycles. The van der Waals surface area contributed by atoms with Gasteiger partial charge in [0, 0.05) is 19.5 Å². The number of carboxylic acids is 1. The number of amides is 1. The molecule has 1 aromatic carbocycles. The van der Waals surface area contributed by atoms with E-state index in [0.717, 1.165) is 36.9 Å². The first kappa shape index (κ1) is 14.1. The fourth-order valence-corrected chi connectivity index (χ4v) is 1.62. The largest absolute Gasteiger partial charge is 0.479 e. The number of benzene rings is 1. The third kappa shape index (κ3) is 2.18. The molecule has 1 rings (SSSR count). The summed E-state index contributed by atoms with van der Waals surface area (Å²) < 4.78 is 26.8. The molecule has 98 valence electrons. The van der Waals surface area contributed by atoms with Crippen LogP contribution in [0.3, 0.4) is 0 Å². The van der Waals surface area contributed by atoms with Crippen molar-refractivity contribution in [2.45, 2.75) is 19.4 Å². The topological polar surface area (TPSA) is 57.6 Å². The minimum atomic E-state index is -1.96. The van der Waals surface area contributed by atoms with E-state index in [1.165, 1.54) is 7.05 Å². The molecule has 18 heavy (non-hydrogen) atoms. The van der Waals surface area contributed by atoms with E-state index in [1.54, 1.807) is 0 Å². The molecular weight excluding hydrogens is 244 g/mol. The number of nitrogens with zero attached hydrogens (tertiary/aromatic N) is 1. The number of carbonyl (C=O) groups excluding carboxylic acids is 1. The predicted molar refractivity (Wildman–Crippen MR) is 59.8 cm³/mol. The first-order chi connectivity index (χ1) is 8.21. The van der Waals surface area contributed by atoms with Gasteiger partial charge < -0.3 is 10.0 Å². The van der Waals surface area contributed by atoms with Gasteiger partial charge in [-0.05, 0) is 25.1 Å². The van der Waals surface area contributed by atoms with Crippen LogP contribution in [0.15, 0.2) is 18.2 Å². The van der Waals surface area contributed by atoms with Crippen molar-refractivity contribution in [3.63, 3.8) is 0 Å². The molecule has 0 fully saturated rings. The number of carbonyl (C=O) groups is 2. The second-order valence-electron chi connectivity index (χ2n) is 4.08. The average molecular weight is 257 g/mol. The van der Waals surface area contributed by atoms with Crippen molar-refractivity contribution in [2.24, 2.45) is 0 Å². The van der Waals surface area contributed by atoms with E-state index in [9.17, 15) is 23.5 Å². The summed E-state index contributed by atoms with van der Waals surface area (Å²) in [5.74, 6) is -3.65. The average Bonchev–Trinajstić information content (AvgIpc) is 2.29. The van der Waals surface area contributed by atoms with Crippen LogP contribution in [-0.4, -0.2) is 28.9 Å². The van der Waals surface area contributed by atoms with Gasteiger partial charge in [0.2, 0.25) is 5.91 Å². The Hall–Kier alpha value is -1.98. The van der Waals surface area contributed by atoms with Gasteiger partial charge >= 0.3 is 5.97 Å². The van der Waals surface area contributed by atoms with Crippen LogP contribution in [0.2, 0.25) is 0 Å². The summed E-state index contributed by atoms with van der Waals surface area (Å²) >= 11 is 0. The molecule has 6 heteroatoms. The molecule has 0 aliphatic rings. The number of likely N-dealkylation sites (N-methyl/N-ethyl adjacent to an activating group) is 1. The molecule has 0 heterocycles. The van der Waals surface area contributed by atoms with Gasteiger partial charge in [0.05, 0.1) is 0 Å². The normalized spacial score (nSPS) is 13.8. The fourth-order valence-electron chi connectivity index (χ4n) is 1.62. The van der Waals surface area contributed by atoms with E-state index in [4.69, 9.17) is 0 Å². The molecular formula is C12H13F2NO3. The Kier molecular flexibility index (Phi) is 3.69. The van der Waals surface area contributed by atoms with Gasteiger partial charge in [-0.25, -0.2) is 13.6 Å². The van der Waals surface area contributed by atoms with Crippen molar-refractivity contribution in [3.05, 3.63) is 35.4 Å². The van der Waals surface area contributed by atoms with Crippen LogP contribution in [0, 0.1) is 11.6 Å². The Balaban J connectivity index is 3.50. The number of carboxylic acid groups (broad SMARTS) is 1. The Morgan fingerprint density at radius 2 is 1.89 bits per heavy atom. The highest BCUT2D eigenvalue weighted by Crippen LogP contribution is 2.30. The standard InChI is InChI=1S/C12H13F2NO3/c1-7(16)15(3)12(2,11(17)18)9-6-8(13)4-5-10(9)14/h4-6H,1-3H3,(H,17,18). The first-order valence-corrected chi connectivity index (χ1v) is 5.14. The lowest BCUT2D eigenvalue weighted by atomic mass is 9.89. The zero-order valence-electron chi connectivity index (χ0n) is 10.2. The monoisotopic (exact) mass is 257 g/mol. The number of aliphatic carboxylic acids is 1. The summed E-state index contributed by atoms with van der Waals surface area (Å²) in [6.07, 6.45) is 0. The predicted octanol–water partition coefficient (Wildman–Crippen LogP) is 1.74. The van der Waals surface area contributed by atoms with E-state index < -0.39 is 34.6 Å². The highest BCUT2D eigenvalue weighted by molar-refractivity contribution is 5.86. The Morgan fingerprint density at radius 1 is 1.33 bits per heavy atom. The quantitative estimate of drug-likeness (QED) is 0.897. The van der Waals surface area contributed by atoms with Crippen molar-refractivity contribution in [1.29, 1.82) is 0 Å². The third-order valence-corrected chi connectivity index (χ3v) is 3.01. The fraction of sp³-hybridized carbons (Fsp3) is 0.333. The third-order valence-electron chi connectivity index (χ3n) is 3.01. The summed E-state index contributed by atoms with van der Waals surface area (Å²) in [4.78, 5) is 23.5. The van der Waals surface area contributed by atoms with Crippen molar-refractivity contribution in [1.82, 2.24) is 4.90 Å². The van der Waals surface area contributed by atoms with E-state index in [0.29, 0.717) is 0 Å². The molecule has 0 bridgehead atoms. The molecule has 1 atom stereocenters. The number of hydrogen-bond donors (Lipinski definition) is 1. The van der Waals surface area contributed by atoms with Crippen molar-refractivity contribution in [3.8, 4) is 0 Å². The van der Waals surface area contributed by atoms with E-state index >= 15 is 0 Å². The maximum absolute atomic E-state index is 13.7. The van der Waals surface area contributed by atoms with Crippen LogP contribution >= 0.6 is 0 Å². The van der Waals surface area contributed by atoms with Crippen LogP contribution in [0.4, 0.5) is 8.78 Å². The zero-order chi connectivity index (χ0) is 14.1. The van der Waals surface area contributed by atoms with Crippen LogP contribution in [0.25, 0.3) is 0 Å². The lowest BCUT2D eigenvalue weighted by molar-refractivity contribution is -0.156. The molecule has 4 nitrogen and oxygen atoms in total. The maximum atomic E-state index is 13.7. The molecule has 0 spiro atoms.